The molecule has 1 fully saturated rings. The standard InChI is InChI=1S/C19H19NO4/c21-18-11-10-17(19(22)23)20(18)12-14-6-8-16(9-7-14)24-13-15-4-2-1-3-5-15/h1-9,17H,10-13H2,(H,22,23). The van der Waals surface area contributed by atoms with Gasteiger partial charge in [0.1, 0.15) is 18.4 Å². The maximum absolute atomic E-state index is 11.9. The molecule has 24 heavy (non-hydrogen) atoms. The first-order valence-electron chi connectivity index (χ1n) is 7.91. The summed E-state index contributed by atoms with van der Waals surface area (Å²) in [7, 11) is 0. The Labute approximate surface area is 140 Å². The summed E-state index contributed by atoms with van der Waals surface area (Å²) in [5.41, 5.74) is 1.98. The third-order valence-corrected chi connectivity index (χ3v) is 4.14. The van der Waals surface area contributed by atoms with E-state index in [-0.39, 0.29) is 5.91 Å². The van der Waals surface area contributed by atoms with Gasteiger partial charge in [0.2, 0.25) is 5.91 Å². The lowest BCUT2D eigenvalue weighted by molar-refractivity contribution is -0.146. The van der Waals surface area contributed by atoms with E-state index in [4.69, 9.17) is 4.74 Å². The maximum Gasteiger partial charge on any atom is 0.326 e. The van der Waals surface area contributed by atoms with Crippen LogP contribution in [0.5, 0.6) is 5.75 Å². The van der Waals surface area contributed by atoms with Gasteiger partial charge < -0.3 is 14.7 Å². The number of carbonyl (C=O) groups is 2. The summed E-state index contributed by atoms with van der Waals surface area (Å²) in [6.45, 7) is 0.806. The van der Waals surface area contributed by atoms with Gasteiger partial charge in [-0.05, 0) is 29.7 Å². The van der Waals surface area contributed by atoms with Gasteiger partial charge in [-0.25, -0.2) is 4.79 Å². The van der Waals surface area contributed by atoms with Gasteiger partial charge in [-0.1, -0.05) is 42.5 Å². The molecule has 0 saturated carbocycles. The highest BCUT2D eigenvalue weighted by atomic mass is 16.5. The van der Waals surface area contributed by atoms with E-state index < -0.39 is 12.0 Å². The van der Waals surface area contributed by atoms with Crippen LogP contribution < -0.4 is 4.74 Å². The fourth-order valence-corrected chi connectivity index (χ4v) is 2.82. The molecule has 1 heterocycles. The second-order valence-corrected chi connectivity index (χ2v) is 5.83. The normalized spacial score (nSPS) is 17.1. The second kappa shape index (κ2) is 7.17. The van der Waals surface area contributed by atoms with E-state index in [0.717, 1.165) is 16.9 Å². The van der Waals surface area contributed by atoms with Gasteiger partial charge in [-0.2, -0.15) is 0 Å². The van der Waals surface area contributed by atoms with Crippen LogP contribution in [0.15, 0.2) is 54.6 Å². The summed E-state index contributed by atoms with van der Waals surface area (Å²) in [5.74, 6) is -0.305. The van der Waals surface area contributed by atoms with Crippen LogP contribution in [0, 0.1) is 0 Å². The quantitative estimate of drug-likeness (QED) is 0.887. The molecule has 1 unspecified atom stereocenters. The SMILES string of the molecule is O=C(O)C1CCC(=O)N1Cc1ccc(OCc2ccccc2)cc1. The van der Waals surface area contributed by atoms with E-state index in [1.807, 2.05) is 54.6 Å². The molecule has 0 radical (unpaired) electrons. The van der Waals surface area contributed by atoms with Crippen molar-refractivity contribution in [2.45, 2.75) is 32.0 Å². The summed E-state index contributed by atoms with van der Waals surface area (Å²) >= 11 is 0. The van der Waals surface area contributed by atoms with Gasteiger partial charge in [0, 0.05) is 13.0 Å². The van der Waals surface area contributed by atoms with Crippen molar-refractivity contribution < 1.29 is 19.4 Å². The monoisotopic (exact) mass is 325 g/mol. The van der Waals surface area contributed by atoms with Crippen molar-refractivity contribution in [1.29, 1.82) is 0 Å². The van der Waals surface area contributed by atoms with Crippen molar-refractivity contribution in [2.75, 3.05) is 0 Å². The molecule has 5 nitrogen and oxygen atoms in total. The zero-order valence-corrected chi connectivity index (χ0v) is 13.2. The Hall–Kier alpha value is -2.82. The number of hydrogen-bond donors (Lipinski definition) is 1. The summed E-state index contributed by atoms with van der Waals surface area (Å²) in [6.07, 6.45) is 0.682. The molecular formula is C19H19NO4. The highest BCUT2D eigenvalue weighted by Gasteiger charge is 2.35. The van der Waals surface area contributed by atoms with Crippen LogP contribution in [0.4, 0.5) is 0 Å². The third kappa shape index (κ3) is 3.74. The molecule has 1 aliphatic rings. The van der Waals surface area contributed by atoms with Crippen LogP contribution in [-0.2, 0) is 22.7 Å². The Morgan fingerprint density at radius 1 is 1.08 bits per heavy atom. The topological polar surface area (TPSA) is 66.8 Å². The van der Waals surface area contributed by atoms with Crippen molar-refractivity contribution in [3.63, 3.8) is 0 Å². The number of carboxylic acids is 1. The predicted octanol–water partition coefficient (Wildman–Crippen LogP) is 2.84. The molecule has 5 heteroatoms. The van der Waals surface area contributed by atoms with Crippen molar-refractivity contribution in [3.8, 4) is 5.75 Å². The zero-order valence-electron chi connectivity index (χ0n) is 13.2. The van der Waals surface area contributed by atoms with Crippen molar-refractivity contribution in [3.05, 3.63) is 65.7 Å². The van der Waals surface area contributed by atoms with Crippen LogP contribution in [0.3, 0.4) is 0 Å². The lowest BCUT2D eigenvalue weighted by Gasteiger charge is -2.21. The highest BCUT2D eigenvalue weighted by molar-refractivity contribution is 5.87. The smallest absolute Gasteiger partial charge is 0.326 e. The number of aliphatic carboxylic acids is 1. The third-order valence-electron chi connectivity index (χ3n) is 4.14. The number of nitrogens with zero attached hydrogens (tertiary/aromatic N) is 1. The van der Waals surface area contributed by atoms with Crippen molar-refractivity contribution in [1.82, 2.24) is 4.90 Å². The Kier molecular flexibility index (Phi) is 4.79. The van der Waals surface area contributed by atoms with Gasteiger partial charge in [0.05, 0.1) is 0 Å². The minimum atomic E-state index is -0.941. The summed E-state index contributed by atoms with van der Waals surface area (Å²) < 4.78 is 5.72. The maximum atomic E-state index is 11.9. The van der Waals surface area contributed by atoms with E-state index in [1.165, 1.54) is 4.90 Å². The van der Waals surface area contributed by atoms with Crippen molar-refractivity contribution >= 4 is 11.9 Å². The zero-order chi connectivity index (χ0) is 16.9. The summed E-state index contributed by atoms with van der Waals surface area (Å²) in [6, 6.07) is 16.6. The van der Waals surface area contributed by atoms with Crippen LogP contribution in [0.1, 0.15) is 24.0 Å². The minimum Gasteiger partial charge on any atom is -0.489 e. The number of rotatable bonds is 6. The van der Waals surface area contributed by atoms with Gasteiger partial charge >= 0.3 is 5.97 Å². The Morgan fingerprint density at radius 2 is 1.79 bits per heavy atom. The van der Waals surface area contributed by atoms with E-state index in [9.17, 15) is 14.7 Å². The van der Waals surface area contributed by atoms with E-state index >= 15 is 0 Å². The average molecular weight is 325 g/mol. The fraction of sp³-hybridized carbons (Fsp3) is 0.263. The lowest BCUT2D eigenvalue weighted by Crippen LogP contribution is -2.37. The summed E-state index contributed by atoms with van der Waals surface area (Å²) in [5, 5.41) is 9.19. The molecule has 0 aliphatic carbocycles. The molecule has 1 amide bonds. The Balaban J connectivity index is 1.60. The predicted molar refractivity (Wildman–Crippen MR) is 88.4 cm³/mol. The molecular weight excluding hydrogens is 306 g/mol. The Morgan fingerprint density at radius 3 is 2.46 bits per heavy atom. The largest absolute Gasteiger partial charge is 0.489 e. The number of carbonyl (C=O) groups excluding carboxylic acids is 1. The number of hydrogen-bond acceptors (Lipinski definition) is 3. The first-order valence-corrected chi connectivity index (χ1v) is 7.91. The van der Waals surface area contributed by atoms with Gasteiger partial charge in [0.25, 0.3) is 0 Å². The number of benzene rings is 2. The summed E-state index contributed by atoms with van der Waals surface area (Å²) in [4.78, 5) is 24.5. The number of carboxylic acid groups (broad SMARTS) is 1. The second-order valence-electron chi connectivity index (χ2n) is 5.83. The molecule has 2 aromatic rings. The molecule has 1 N–H and O–H groups in total. The molecule has 1 aliphatic heterocycles. The molecule has 1 saturated heterocycles. The molecule has 3 rings (SSSR count). The number of ether oxygens (including phenoxy) is 1. The molecule has 0 spiro atoms. The van der Waals surface area contributed by atoms with Gasteiger partial charge in [-0.3, -0.25) is 4.79 Å². The first kappa shape index (κ1) is 16.1. The van der Waals surface area contributed by atoms with Crippen LogP contribution >= 0.6 is 0 Å². The van der Waals surface area contributed by atoms with Gasteiger partial charge in [0.15, 0.2) is 0 Å². The van der Waals surface area contributed by atoms with Crippen LogP contribution in [0.25, 0.3) is 0 Å². The average Bonchev–Trinajstić information content (AvgIpc) is 2.96. The molecule has 0 aromatic heterocycles. The van der Waals surface area contributed by atoms with Crippen molar-refractivity contribution in [2.24, 2.45) is 0 Å². The molecule has 0 bridgehead atoms. The Bertz CT molecular complexity index is 712. The van der Waals surface area contributed by atoms with Gasteiger partial charge in [-0.15, -0.1) is 0 Å². The minimum absolute atomic E-state index is 0.105. The molecule has 124 valence electrons. The number of amides is 1. The number of likely N-dealkylation sites (tertiary alicyclic amines) is 1. The molecule has 2 aromatic carbocycles. The lowest BCUT2D eigenvalue weighted by atomic mass is 10.1. The first-order chi connectivity index (χ1) is 11.6. The fourth-order valence-electron chi connectivity index (χ4n) is 2.82. The van der Waals surface area contributed by atoms with Crippen LogP contribution in [0.2, 0.25) is 0 Å². The van der Waals surface area contributed by atoms with E-state index in [0.29, 0.717) is 26.0 Å². The van der Waals surface area contributed by atoms with E-state index in [1.54, 1.807) is 0 Å². The molecule has 1 atom stereocenters. The van der Waals surface area contributed by atoms with Crippen LogP contribution in [-0.4, -0.2) is 27.9 Å². The van der Waals surface area contributed by atoms with E-state index in [2.05, 4.69) is 0 Å². The highest BCUT2D eigenvalue weighted by Crippen LogP contribution is 2.23.